The van der Waals surface area contributed by atoms with Crippen LogP contribution < -0.4 is 5.32 Å². The molecule has 0 bridgehead atoms. The van der Waals surface area contributed by atoms with Gasteiger partial charge in [-0.3, -0.25) is 0 Å². The second-order valence-electron chi connectivity index (χ2n) is 4.03. The Bertz CT molecular complexity index is 285. The Morgan fingerprint density at radius 1 is 1.38 bits per heavy atom. The van der Waals surface area contributed by atoms with E-state index < -0.39 is 0 Å². The van der Waals surface area contributed by atoms with E-state index in [9.17, 15) is 0 Å². The van der Waals surface area contributed by atoms with E-state index in [-0.39, 0.29) is 0 Å². The lowest BCUT2D eigenvalue weighted by atomic mass is 10.2. The minimum Gasteiger partial charge on any atom is -0.385 e. The first-order valence-electron chi connectivity index (χ1n) is 6.08. The van der Waals surface area contributed by atoms with Crippen LogP contribution >= 0.6 is 11.3 Å². The van der Waals surface area contributed by atoms with E-state index in [2.05, 4.69) is 31.3 Å². The molecule has 0 aliphatic carbocycles. The van der Waals surface area contributed by atoms with E-state index in [0.29, 0.717) is 6.04 Å². The normalized spacial score (nSPS) is 12.9. The molecule has 0 aliphatic rings. The van der Waals surface area contributed by atoms with Gasteiger partial charge in [0.05, 0.1) is 0 Å². The van der Waals surface area contributed by atoms with Gasteiger partial charge in [0, 0.05) is 29.5 Å². The third-order valence-electron chi connectivity index (χ3n) is 2.68. The van der Waals surface area contributed by atoms with Gasteiger partial charge in [-0.25, -0.2) is 0 Å². The van der Waals surface area contributed by atoms with Crippen LogP contribution in [0.15, 0.2) is 12.1 Å². The summed E-state index contributed by atoms with van der Waals surface area (Å²) in [5.41, 5.74) is 0. The van der Waals surface area contributed by atoms with E-state index in [1.807, 2.05) is 11.3 Å². The largest absolute Gasteiger partial charge is 0.385 e. The van der Waals surface area contributed by atoms with Crippen LogP contribution in [0.2, 0.25) is 0 Å². The van der Waals surface area contributed by atoms with Crippen LogP contribution in [0, 0.1) is 0 Å². The first-order chi connectivity index (χ1) is 7.77. The number of unbranched alkanes of at least 4 members (excludes halogenated alkanes) is 1. The van der Waals surface area contributed by atoms with Gasteiger partial charge in [-0.2, -0.15) is 0 Å². The zero-order chi connectivity index (χ0) is 11.8. The Kier molecular flexibility index (Phi) is 6.69. The van der Waals surface area contributed by atoms with Crippen molar-refractivity contribution in [2.45, 2.75) is 39.2 Å². The van der Waals surface area contributed by atoms with Gasteiger partial charge in [0.15, 0.2) is 0 Å². The molecule has 1 N–H and O–H groups in total. The van der Waals surface area contributed by atoms with Crippen molar-refractivity contribution in [1.29, 1.82) is 0 Å². The quantitative estimate of drug-likeness (QED) is 0.704. The predicted molar refractivity (Wildman–Crippen MR) is 71.2 cm³/mol. The molecule has 1 rings (SSSR count). The van der Waals surface area contributed by atoms with Crippen molar-refractivity contribution in [2.75, 3.05) is 20.3 Å². The molecule has 1 atom stereocenters. The molecule has 0 spiro atoms. The highest BCUT2D eigenvalue weighted by atomic mass is 32.1. The van der Waals surface area contributed by atoms with Crippen LogP contribution in [-0.2, 0) is 11.2 Å². The summed E-state index contributed by atoms with van der Waals surface area (Å²) in [5, 5.41) is 3.55. The number of hydrogen-bond acceptors (Lipinski definition) is 3. The molecular formula is C13H23NOS. The highest BCUT2D eigenvalue weighted by Crippen LogP contribution is 2.23. The van der Waals surface area contributed by atoms with Crippen molar-refractivity contribution in [2.24, 2.45) is 0 Å². The fraction of sp³-hybridized carbons (Fsp3) is 0.692. The average Bonchev–Trinajstić information content (AvgIpc) is 2.77. The Hall–Kier alpha value is -0.380. The van der Waals surface area contributed by atoms with E-state index in [1.54, 1.807) is 7.11 Å². The van der Waals surface area contributed by atoms with Crippen molar-refractivity contribution in [3.63, 3.8) is 0 Å². The summed E-state index contributed by atoms with van der Waals surface area (Å²) in [7, 11) is 1.76. The fourth-order valence-electron chi connectivity index (χ4n) is 1.61. The lowest BCUT2D eigenvalue weighted by molar-refractivity contribution is 0.192. The topological polar surface area (TPSA) is 21.3 Å². The number of nitrogens with one attached hydrogen (secondary N) is 1. The first-order valence-corrected chi connectivity index (χ1v) is 6.90. The summed E-state index contributed by atoms with van der Waals surface area (Å²) in [5.74, 6) is 0. The van der Waals surface area contributed by atoms with Gasteiger partial charge in [0.1, 0.15) is 0 Å². The molecule has 0 aliphatic heterocycles. The summed E-state index contributed by atoms with van der Waals surface area (Å²) >= 11 is 1.92. The second-order valence-corrected chi connectivity index (χ2v) is 5.23. The molecule has 0 saturated heterocycles. The zero-order valence-corrected chi connectivity index (χ0v) is 11.4. The fourth-order valence-corrected chi connectivity index (χ4v) is 2.59. The summed E-state index contributed by atoms with van der Waals surface area (Å²) < 4.78 is 5.03. The molecule has 0 aromatic carbocycles. The zero-order valence-electron chi connectivity index (χ0n) is 10.6. The monoisotopic (exact) mass is 241 g/mol. The molecule has 1 unspecified atom stereocenters. The van der Waals surface area contributed by atoms with Crippen LogP contribution in [-0.4, -0.2) is 20.3 Å². The maximum atomic E-state index is 5.03. The molecule has 0 fully saturated rings. The van der Waals surface area contributed by atoms with E-state index >= 15 is 0 Å². The molecule has 1 heterocycles. The minimum absolute atomic E-state index is 0.479. The smallest absolute Gasteiger partial charge is 0.0462 e. The number of hydrogen-bond donors (Lipinski definition) is 1. The molecule has 16 heavy (non-hydrogen) atoms. The maximum absolute atomic E-state index is 5.03. The average molecular weight is 241 g/mol. The van der Waals surface area contributed by atoms with Gasteiger partial charge in [0.25, 0.3) is 0 Å². The molecule has 2 nitrogen and oxygen atoms in total. The van der Waals surface area contributed by atoms with Crippen LogP contribution in [0.3, 0.4) is 0 Å². The van der Waals surface area contributed by atoms with Gasteiger partial charge in [0.2, 0.25) is 0 Å². The lowest BCUT2D eigenvalue weighted by Gasteiger charge is -2.11. The number of rotatable bonds is 8. The first kappa shape index (κ1) is 13.7. The summed E-state index contributed by atoms with van der Waals surface area (Å²) in [4.78, 5) is 2.92. The van der Waals surface area contributed by atoms with Crippen LogP contribution in [0.4, 0.5) is 0 Å². The second kappa shape index (κ2) is 7.82. The molecule has 1 aromatic rings. The molecule has 1 aromatic heterocycles. The predicted octanol–water partition coefficient (Wildman–Crippen LogP) is 3.39. The van der Waals surface area contributed by atoms with E-state index in [1.165, 1.54) is 16.2 Å². The lowest BCUT2D eigenvalue weighted by Crippen LogP contribution is -2.19. The van der Waals surface area contributed by atoms with Crippen LogP contribution in [0.1, 0.15) is 42.5 Å². The van der Waals surface area contributed by atoms with Crippen LogP contribution in [0.25, 0.3) is 0 Å². The Morgan fingerprint density at radius 2 is 2.19 bits per heavy atom. The molecule has 3 heteroatoms. The maximum Gasteiger partial charge on any atom is 0.0462 e. The van der Waals surface area contributed by atoms with Crippen molar-refractivity contribution in [1.82, 2.24) is 5.32 Å². The Balaban J connectivity index is 2.21. The van der Waals surface area contributed by atoms with E-state index in [0.717, 1.165) is 26.0 Å². The third-order valence-corrected chi connectivity index (χ3v) is 4.10. The van der Waals surface area contributed by atoms with Gasteiger partial charge in [-0.1, -0.05) is 6.92 Å². The SMILES string of the molecule is CCc1ccc(C(C)NCCCCOC)s1. The minimum atomic E-state index is 0.479. The molecular weight excluding hydrogens is 218 g/mol. The van der Waals surface area contributed by atoms with Gasteiger partial charge in [-0.05, 0) is 44.9 Å². The molecule has 92 valence electrons. The molecule has 0 saturated carbocycles. The van der Waals surface area contributed by atoms with Crippen molar-refractivity contribution in [3.05, 3.63) is 21.9 Å². The van der Waals surface area contributed by atoms with E-state index in [4.69, 9.17) is 4.74 Å². The molecule has 0 amide bonds. The van der Waals surface area contributed by atoms with Crippen molar-refractivity contribution < 1.29 is 4.74 Å². The van der Waals surface area contributed by atoms with Crippen LogP contribution in [0.5, 0.6) is 0 Å². The summed E-state index contributed by atoms with van der Waals surface area (Å²) in [6.45, 7) is 6.39. The molecule has 0 radical (unpaired) electrons. The number of ether oxygens (including phenoxy) is 1. The Morgan fingerprint density at radius 3 is 2.81 bits per heavy atom. The van der Waals surface area contributed by atoms with Gasteiger partial charge >= 0.3 is 0 Å². The van der Waals surface area contributed by atoms with Crippen molar-refractivity contribution in [3.8, 4) is 0 Å². The number of aryl methyl sites for hydroxylation is 1. The third kappa shape index (κ3) is 4.64. The highest BCUT2D eigenvalue weighted by molar-refractivity contribution is 7.12. The standard InChI is InChI=1S/C13H23NOS/c1-4-12-7-8-13(16-12)11(2)14-9-5-6-10-15-3/h7-8,11,14H,4-6,9-10H2,1-3H3. The number of thiophene rings is 1. The number of methoxy groups -OCH3 is 1. The Labute approximate surface area is 103 Å². The summed E-state index contributed by atoms with van der Waals surface area (Å²) in [6.07, 6.45) is 3.47. The highest BCUT2D eigenvalue weighted by Gasteiger charge is 2.06. The summed E-state index contributed by atoms with van der Waals surface area (Å²) in [6, 6.07) is 4.97. The van der Waals surface area contributed by atoms with Gasteiger partial charge in [-0.15, -0.1) is 11.3 Å². The van der Waals surface area contributed by atoms with Gasteiger partial charge < -0.3 is 10.1 Å². The van der Waals surface area contributed by atoms with Crippen molar-refractivity contribution >= 4 is 11.3 Å².